The van der Waals surface area contributed by atoms with Gasteiger partial charge in [0.25, 0.3) is 0 Å². The molecule has 2 aromatic heterocycles. The summed E-state index contributed by atoms with van der Waals surface area (Å²) in [5.41, 5.74) is 1.79. The number of nitrogens with zero attached hydrogens (tertiary/aromatic N) is 5. The van der Waals surface area contributed by atoms with Crippen molar-refractivity contribution in [2.75, 3.05) is 24.6 Å². The van der Waals surface area contributed by atoms with Crippen molar-refractivity contribution in [3.8, 4) is 16.9 Å². The van der Waals surface area contributed by atoms with Gasteiger partial charge in [0.05, 0.1) is 18.5 Å². The average Bonchev–Trinajstić information content (AvgIpc) is 3.18. The van der Waals surface area contributed by atoms with Crippen LogP contribution < -0.4 is 4.90 Å². The minimum Gasteiger partial charge on any atom is -0.396 e. The SMILES string of the molecule is CC1(CO)CCCN(c2nccc(-c3cnn(-c4ccccc4F)c3)n2)C1. The summed E-state index contributed by atoms with van der Waals surface area (Å²) in [5, 5.41) is 13.9. The first-order valence-electron chi connectivity index (χ1n) is 9.07. The molecule has 0 aliphatic carbocycles. The Morgan fingerprint density at radius 1 is 1.26 bits per heavy atom. The number of benzene rings is 1. The maximum Gasteiger partial charge on any atom is 0.225 e. The van der Waals surface area contributed by atoms with Gasteiger partial charge in [-0.1, -0.05) is 19.1 Å². The maximum absolute atomic E-state index is 14.0. The van der Waals surface area contributed by atoms with Gasteiger partial charge in [-0.3, -0.25) is 0 Å². The number of hydrogen-bond acceptors (Lipinski definition) is 5. The summed E-state index contributed by atoms with van der Waals surface area (Å²) in [7, 11) is 0. The molecule has 0 saturated carbocycles. The Hall–Kier alpha value is -2.80. The Morgan fingerprint density at radius 3 is 2.93 bits per heavy atom. The van der Waals surface area contributed by atoms with Crippen molar-refractivity contribution in [2.45, 2.75) is 19.8 Å². The lowest BCUT2D eigenvalue weighted by molar-refractivity contribution is 0.123. The highest BCUT2D eigenvalue weighted by Crippen LogP contribution is 2.31. The number of rotatable bonds is 4. The number of aliphatic hydroxyl groups is 1. The topological polar surface area (TPSA) is 67.1 Å². The van der Waals surface area contributed by atoms with Crippen molar-refractivity contribution in [3.63, 3.8) is 0 Å². The van der Waals surface area contributed by atoms with Crippen molar-refractivity contribution < 1.29 is 9.50 Å². The second-order valence-electron chi connectivity index (χ2n) is 7.36. The van der Waals surface area contributed by atoms with E-state index < -0.39 is 0 Å². The molecule has 1 aliphatic heterocycles. The summed E-state index contributed by atoms with van der Waals surface area (Å²) < 4.78 is 15.5. The Morgan fingerprint density at radius 2 is 2.11 bits per heavy atom. The molecule has 1 N–H and O–H groups in total. The monoisotopic (exact) mass is 367 g/mol. The van der Waals surface area contributed by atoms with E-state index in [1.165, 1.54) is 10.7 Å². The predicted octanol–water partition coefficient (Wildman–Crippen LogP) is 3.07. The average molecular weight is 367 g/mol. The Balaban J connectivity index is 1.61. The van der Waals surface area contributed by atoms with Gasteiger partial charge < -0.3 is 10.0 Å². The van der Waals surface area contributed by atoms with E-state index in [1.54, 1.807) is 36.8 Å². The van der Waals surface area contributed by atoms with Crippen molar-refractivity contribution >= 4 is 5.95 Å². The number of aliphatic hydroxyl groups excluding tert-OH is 1. The van der Waals surface area contributed by atoms with E-state index in [9.17, 15) is 9.50 Å². The Kier molecular flexibility index (Phi) is 4.61. The van der Waals surface area contributed by atoms with Crippen molar-refractivity contribution in [3.05, 3.63) is 54.7 Å². The fraction of sp³-hybridized carbons (Fsp3) is 0.350. The van der Waals surface area contributed by atoms with Crippen LogP contribution in [-0.2, 0) is 0 Å². The van der Waals surface area contributed by atoms with Crippen molar-refractivity contribution in [1.82, 2.24) is 19.7 Å². The molecule has 1 fully saturated rings. The molecule has 3 heterocycles. The minimum atomic E-state index is -0.327. The van der Waals surface area contributed by atoms with Crippen LogP contribution in [-0.4, -0.2) is 44.6 Å². The van der Waals surface area contributed by atoms with E-state index >= 15 is 0 Å². The van der Waals surface area contributed by atoms with Crippen LogP contribution in [0.25, 0.3) is 16.9 Å². The van der Waals surface area contributed by atoms with Crippen LogP contribution >= 0.6 is 0 Å². The smallest absolute Gasteiger partial charge is 0.225 e. The zero-order valence-electron chi connectivity index (χ0n) is 15.2. The van der Waals surface area contributed by atoms with Gasteiger partial charge in [-0.05, 0) is 31.0 Å². The van der Waals surface area contributed by atoms with Crippen LogP contribution in [0.2, 0.25) is 0 Å². The summed E-state index contributed by atoms with van der Waals surface area (Å²) in [4.78, 5) is 11.2. The molecule has 3 aromatic rings. The maximum atomic E-state index is 14.0. The van der Waals surface area contributed by atoms with E-state index in [2.05, 4.69) is 26.9 Å². The van der Waals surface area contributed by atoms with Gasteiger partial charge in [0.2, 0.25) is 5.95 Å². The summed E-state index contributed by atoms with van der Waals surface area (Å²) in [6.45, 7) is 3.83. The standard InChI is InChI=1S/C20H22FN5O/c1-20(14-27)8-4-10-25(13-20)19-22-9-7-17(24-19)15-11-23-26(12-15)18-6-3-2-5-16(18)21/h2-3,5-7,9,11-12,27H,4,8,10,13-14H2,1H3. The van der Waals surface area contributed by atoms with Gasteiger partial charge in [0, 0.05) is 36.5 Å². The molecule has 0 spiro atoms. The van der Waals surface area contributed by atoms with Crippen LogP contribution in [0.15, 0.2) is 48.9 Å². The summed E-state index contributed by atoms with van der Waals surface area (Å²) in [6.07, 6.45) is 7.15. The first-order valence-corrected chi connectivity index (χ1v) is 9.07. The zero-order chi connectivity index (χ0) is 18.9. The lowest BCUT2D eigenvalue weighted by Crippen LogP contribution is -2.44. The minimum absolute atomic E-state index is 0.132. The molecule has 6 nitrogen and oxygen atoms in total. The quantitative estimate of drug-likeness (QED) is 0.768. The van der Waals surface area contributed by atoms with Gasteiger partial charge in [0.1, 0.15) is 11.5 Å². The molecule has 140 valence electrons. The number of anilines is 1. The highest BCUT2D eigenvalue weighted by molar-refractivity contribution is 5.59. The molecule has 0 bridgehead atoms. The summed E-state index contributed by atoms with van der Waals surface area (Å²) >= 11 is 0. The van der Waals surface area contributed by atoms with Gasteiger partial charge in [-0.25, -0.2) is 19.0 Å². The molecule has 7 heteroatoms. The van der Waals surface area contributed by atoms with E-state index in [0.29, 0.717) is 11.6 Å². The van der Waals surface area contributed by atoms with E-state index in [1.807, 2.05) is 6.07 Å². The molecular formula is C20H22FN5O. The third kappa shape index (κ3) is 3.55. The lowest BCUT2D eigenvalue weighted by atomic mass is 9.83. The highest BCUT2D eigenvalue weighted by atomic mass is 19.1. The van der Waals surface area contributed by atoms with Gasteiger partial charge >= 0.3 is 0 Å². The molecule has 1 unspecified atom stereocenters. The number of para-hydroxylation sites is 1. The Labute approximate surface area is 157 Å². The molecule has 27 heavy (non-hydrogen) atoms. The Bertz CT molecular complexity index is 943. The fourth-order valence-electron chi connectivity index (χ4n) is 3.50. The third-order valence-electron chi connectivity index (χ3n) is 5.07. The van der Waals surface area contributed by atoms with Crippen molar-refractivity contribution in [2.24, 2.45) is 5.41 Å². The third-order valence-corrected chi connectivity index (χ3v) is 5.07. The molecule has 1 atom stereocenters. The largest absolute Gasteiger partial charge is 0.396 e. The molecule has 0 radical (unpaired) electrons. The molecule has 4 rings (SSSR count). The number of piperidine rings is 1. The van der Waals surface area contributed by atoms with Gasteiger partial charge in [-0.2, -0.15) is 5.10 Å². The van der Waals surface area contributed by atoms with Gasteiger partial charge in [-0.15, -0.1) is 0 Å². The summed E-state index contributed by atoms with van der Waals surface area (Å²) in [6, 6.07) is 8.34. The first kappa shape index (κ1) is 17.6. The number of aromatic nitrogens is 4. The van der Waals surface area contributed by atoms with Crippen LogP contribution in [0.4, 0.5) is 10.3 Å². The van der Waals surface area contributed by atoms with Crippen LogP contribution in [0, 0.1) is 11.2 Å². The van der Waals surface area contributed by atoms with Gasteiger partial charge in [0.15, 0.2) is 0 Å². The molecular weight excluding hydrogens is 345 g/mol. The van der Waals surface area contributed by atoms with Crippen molar-refractivity contribution in [1.29, 1.82) is 0 Å². The van der Waals surface area contributed by atoms with Crippen LogP contribution in [0.5, 0.6) is 0 Å². The van der Waals surface area contributed by atoms with Crippen LogP contribution in [0.1, 0.15) is 19.8 Å². The number of hydrogen-bond donors (Lipinski definition) is 1. The van der Waals surface area contributed by atoms with Crippen LogP contribution in [0.3, 0.4) is 0 Å². The molecule has 1 aliphatic rings. The second kappa shape index (κ2) is 7.08. The van der Waals surface area contributed by atoms with E-state index in [4.69, 9.17) is 0 Å². The molecule has 0 amide bonds. The summed E-state index contributed by atoms with van der Waals surface area (Å²) in [5.74, 6) is 0.317. The highest BCUT2D eigenvalue weighted by Gasteiger charge is 2.31. The first-order chi connectivity index (χ1) is 13.1. The van der Waals surface area contributed by atoms with E-state index in [0.717, 1.165) is 37.2 Å². The number of halogens is 1. The normalized spacial score (nSPS) is 20.0. The second-order valence-corrected chi connectivity index (χ2v) is 7.36. The zero-order valence-corrected chi connectivity index (χ0v) is 15.2. The van der Waals surface area contributed by atoms with E-state index in [-0.39, 0.29) is 17.8 Å². The molecule has 1 aromatic carbocycles. The lowest BCUT2D eigenvalue weighted by Gasteiger charge is -2.39. The molecule has 1 saturated heterocycles. The fourth-order valence-corrected chi connectivity index (χ4v) is 3.50. The predicted molar refractivity (Wildman–Crippen MR) is 101 cm³/mol.